The Balaban J connectivity index is 1.97. The molecule has 0 heterocycles. The van der Waals surface area contributed by atoms with Crippen LogP contribution in [-0.2, 0) is 9.59 Å². The SMILES string of the molecule is CCN(CC(=O)Nc1cccc(OC)c1)C(=O)/C=C/c1ccccc1Br. The van der Waals surface area contributed by atoms with Crippen LogP contribution in [0, 0.1) is 0 Å². The van der Waals surface area contributed by atoms with Gasteiger partial charge in [0.2, 0.25) is 11.8 Å². The van der Waals surface area contributed by atoms with E-state index in [1.54, 1.807) is 37.5 Å². The molecule has 2 aromatic carbocycles. The first kappa shape index (κ1) is 19.7. The second-order valence-electron chi connectivity index (χ2n) is 5.49. The minimum atomic E-state index is -0.261. The van der Waals surface area contributed by atoms with Crippen LogP contribution in [0.5, 0.6) is 5.75 Å². The Morgan fingerprint density at radius 3 is 2.65 bits per heavy atom. The van der Waals surface area contributed by atoms with Crippen LogP contribution in [0.4, 0.5) is 5.69 Å². The summed E-state index contributed by atoms with van der Waals surface area (Å²) in [6, 6.07) is 14.7. The predicted molar refractivity (Wildman–Crippen MR) is 107 cm³/mol. The Bertz CT molecular complexity index is 805. The molecule has 0 radical (unpaired) electrons. The number of amides is 2. The van der Waals surface area contributed by atoms with Crippen LogP contribution in [-0.4, -0.2) is 36.9 Å². The van der Waals surface area contributed by atoms with Crippen LogP contribution in [0.1, 0.15) is 12.5 Å². The maximum atomic E-state index is 12.4. The molecule has 0 bridgehead atoms. The van der Waals surface area contributed by atoms with E-state index in [4.69, 9.17) is 4.74 Å². The Hall–Kier alpha value is -2.60. The summed E-state index contributed by atoms with van der Waals surface area (Å²) in [7, 11) is 1.57. The number of nitrogens with one attached hydrogen (secondary N) is 1. The summed E-state index contributed by atoms with van der Waals surface area (Å²) < 4.78 is 6.04. The Kier molecular flexibility index (Phi) is 7.41. The average molecular weight is 417 g/mol. The third kappa shape index (κ3) is 5.74. The molecule has 0 fully saturated rings. The van der Waals surface area contributed by atoms with Crippen LogP contribution >= 0.6 is 15.9 Å². The minimum Gasteiger partial charge on any atom is -0.497 e. The second-order valence-corrected chi connectivity index (χ2v) is 6.34. The van der Waals surface area contributed by atoms with Crippen molar-refractivity contribution in [2.45, 2.75) is 6.92 Å². The summed E-state index contributed by atoms with van der Waals surface area (Å²) in [5.41, 5.74) is 1.53. The molecule has 1 N–H and O–H groups in total. The number of halogens is 1. The maximum Gasteiger partial charge on any atom is 0.247 e. The van der Waals surface area contributed by atoms with Crippen molar-refractivity contribution in [1.29, 1.82) is 0 Å². The molecule has 0 aliphatic rings. The van der Waals surface area contributed by atoms with Crippen LogP contribution < -0.4 is 10.1 Å². The van der Waals surface area contributed by atoms with Crippen LogP contribution in [0.3, 0.4) is 0 Å². The van der Waals surface area contributed by atoms with Gasteiger partial charge in [0.25, 0.3) is 0 Å². The van der Waals surface area contributed by atoms with Crippen molar-refractivity contribution in [2.75, 3.05) is 25.5 Å². The Morgan fingerprint density at radius 1 is 1.19 bits per heavy atom. The molecule has 0 unspecified atom stereocenters. The lowest BCUT2D eigenvalue weighted by Gasteiger charge is -2.18. The maximum absolute atomic E-state index is 12.4. The fourth-order valence-corrected chi connectivity index (χ4v) is 2.71. The molecule has 0 atom stereocenters. The summed E-state index contributed by atoms with van der Waals surface area (Å²) in [6.07, 6.45) is 3.21. The molecule has 0 spiro atoms. The van der Waals surface area contributed by atoms with E-state index < -0.39 is 0 Å². The van der Waals surface area contributed by atoms with Crippen molar-refractivity contribution in [3.05, 3.63) is 64.6 Å². The molecule has 0 aromatic heterocycles. The van der Waals surface area contributed by atoms with E-state index in [1.165, 1.54) is 11.0 Å². The zero-order chi connectivity index (χ0) is 18.9. The molecule has 6 heteroatoms. The minimum absolute atomic E-state index is 0.0210. The number of rotatable bonds is 7. The highest BCUT2D eigenvalue weighted by Gasteiger charge is 2.13. The largest absolute Gasteiger partial charge is 0.497 e. The molecule has 0 aliphatic carbocycles. The third-order valence-corrected chi connectivity index (χ3v) is 4.41. The number of methoxy groups -OCH3 is 1. The highest BCUT2D eigenvalue weighted by Crippen LogP contribution is 2.18. The lowest BCUT2D eigenvalue weighted by Crippen LogP contribution is -2.36. The fourth-order valence-electron chi connectivity index (χ4n) is 2.30. The van der Waals surface area contributed by atoms with Crippen molar-refractivity contribution in [2.24, 2.45) is 0 Å². The number of carbonyl (C=O) groups is 2. The zero-order valence-electron chi connectivity index (χ0n) is 14.7. The highest BCUT2D eigenvalue weighted by atomic mass is 79.9. The van der Waals surface area contributed by atoms with Crippen molar-refractivity contribution < 1.29 is 14.3 Å². The molecule has 0 aliphatic heterocycles. The van der Waals surface area contributed by atoms with E-state index in [0.717, 1.165) is 10.0 Å². The first-order valence-electron chi connectivity index (χ1n) is 8.19. The summed E-state index contributed by atoms with van der Waals surface area (Å²) in [5.74, 6) is 0.175. The monoisotopic (exact) mass is 416 g/mol. The number of likely N-dealkylation sites (N-methyl/N-ethyl adjacent to an activating group) is 1. The third-order valence-electron chi connectivity index (χ3n) is 3.69. The van der Waals surface area contributed by atoms with Gasteiger partial charge >= 0.3 is 0 Å². The van der Waals surface area contributed by atoms with Crippen molar-refractivity contribution in [1.82, 2.24) is 4.90 Å². The quantitative estimate of drug-likeness (QED) is 0.694. The normalized spacial score (nSPS) is 10.6. The number of nitrogens with zero attached hydrogens (tertiary/aromatic N) is 1. The number of hydrogen-bond donors (Lipinski definition) is 1. The number of benzene rings is 2. The summed E-state index contributed by atoms with van der Waals surface area (Å²) in [6.45, 7) is 2.25. The van der Waals surface area contributed by atoms with E-state index in [9.17, 15) is 9.59 Å². The first-order valence-corrected chi connectivity index (χ1v) is 8.98. The molecular weight excluding hydrogens is 396 g/mol. The lowest BCUT2D eigenvalue weighted by atomic mass is 10.2. The lowest BCUT2D eigenvalue weighted by molar-refractivity contribution is -0.130. The number of anilines is 1. The van der Waals surface area contributed by atoms with E-state index >= 15 is 0 Å². The smallest absolute Gasteiger partial charge is 0.247 e. The summed E-state index contributed by atoms with van der Waals surface area (Å²) in [4.78, 5) is 26.1. The molecule has 136 valence electrons. The second kappa shape index (κ2) is 9.77. The van der Waals surface area contributed by atoms with E-state index in [0.29, 0.717) is 18.0 Å². The Labute approximate surface area is 161 Å². The van der Waals surface area contributed by atoms with Crippen molar-refractivity contribution >= 4 is 39.5 Å². The van der Waals surface area contributed by atoms with Crippen LogP contribution in [0.25, 0.3) is 6.08 Å². The zero-order valence-corrected chi connectivity index (χ0v) is 16.3. The van der Waals surface area contributed by atoms with Gasteiger partial charge in [-0.1, -0.05) is 40.2 Å². The van der Waals surface area contributed by atoms with Gasteiger partial charge in [-0.25, -0.2) is 0 Å². The topological polar surface area (TPSA) is 58.6 Å². The van der Waals surface area contributed by atoms with Crippen molar-refractivity contribution in [3.63, 3.8) is 0 Å². The van der Waals surface area contributed by atoms with Gasteiger partial charge in [0.1, 0.15) is 12.3 Å². The van der Waals surface area contributed by atoms with E-state index in [1.807, 2.05) is 31.2 Å². The molecule has 5 nitrogen and oxygen atoms in total. The van der Waals surface area contributed by atoms with Crippen LogP contribution in [0.2, 0.25) is 0 Å². The van der Waals surface area contributed by atoms with Crippen LogP contribution in [0.15, 0.2) is 59.1 Å². The van der Waals surface area contributed by atoms with Gasteiger partial charge in [0.05, 0.1) is 7.11 Å². The number of hydrogen-bond acceptors (Lipinski definition) is 3. The van der Waals surface area contributed by atoms with Crippen molar-refractivity contribution in [3.8, 4) is 5.75 Å². The van der Waals surface area contributed by atoms with Gasteiger partial charge in [-0.05, 0) is 36.8 Å². The first-order chi connectivity index (χ1) is 12.5. The van der Waals surface area contributed by atoms with Gasteiger partial charge in [0.15, 0.2) is 0 Å². The average Bonchev–Trinajstić information content (AvgIpc) is 2.65. The molecule has 0 saturated heterocycles. The van der Waals surface area contributed by atoms with Gasteiger partial charge in [0, 0.05) is 28.8 Å². The molecular formula is C20H21BrN2O3. The standard InChI is InChI=1S/C20H21BrN2O3/c1-3-23(20(25)12-11-15-7-4-5-10-18(15)21)14-19(24)22-16-8-6-9-17(13-16)26-2/h4-13H,3,14H2,1-2H3,(H,22,24)/b12-11+. The summed E-state index contributed by atoms with van der Waals surface area (Å²) in [5, 5.41) is 2.77. The van der Waals surface area contributed by atoms with E-state index in [-0.39, 0.29) is 18.4 Å². The molecule has 2 rings (SSSR count). The van der Waals surface area contributed by atoms with Gasteiger partial charge in [-0.2, -0.15) is 0 Å². The Morgan fingerprint density at radius 2 is 1.96 bits per heavy atom. The molecule has 0 saturated carbocycles. The number of ether oxygens (including phenoxy) is 1. The van der Waals surface area contributed by atoms with Gasteiger partial charge in [-0.15, -0.1) is 0 Å². The van der Waals surface area contributed by atoms with Gasteiger partial charge in [-0.3, -0.25) is 9.59 Å². The number of carbonyl (C=O) groups excluding carboxylic acids is 2. The molecule has 2 amide bonds. The fraction of sp³-hybridized carbons (Fsp3) is 0.200. The highest BCUT2D eigenvalue weighted by molar-refractivity contribution is 9.10. The van der Waals surface area contributed by atoms with E-state index in [2.05, 4.69) is 21.2 Å². The molecule has 2 aromatic rings. The molecule has 26 heavy (non-hydrogen) atoms. The van der Waals surface area contributed by atoms with Gasteiger partial charge < -0.3 is 15.0 Å². The summed E-state index contributed by atoms with van der Waals surface area (Å²) >= 11 is 3.44. The predicted octanol–water partition coefficient (Wildman–Crippen LogP) is 3.96.